The van der Waals surface area contributed by atoms with Crippen LogP contribution in [0.25, 0.3) is 6.08 Å². The molecule has 0 unspecified atom stereocenters. The van der Waals surface area contributed by atoms with Gasteiger partial charge in [-0.3, -0.25) is 24.6 Å². The van der Waals surface area contributed by atoms with Crippen LogP contribution in [0.15, 0.2) is 41.3 Å². The number of carbonyl (C=O) groups excluding carboxylic acids is 2. The first-order chi connectivity index (χ1) is 14.8. The Morgan fingerprint density at radius 2 is 1.81 bits per heavy atom. The molecule has 2 aromatic rings. The van der Waals surface area contributed by atoms with E-state index in [1.54, 1.807) is 12.1 Å². The highest BCUT2D eigenvalue weighted by atomic mass is 127. The SMILES string of the molecule is CCOc1cc(/C=C2/SC(=O)N(Cc3ccc([N+](=O)[O-])cc3)C2=O)cc(I)c1OCC. The molecule has 0 bridgehead atoms. The van der Waals surface area contributed by atoms with Gasteiger partial charge in [-0.05, 0) is 77.5 Å². The van der Waals surface area contributed by atoms with E-state index in [4.69, 9.17) is 9.47 Å². The van der Waals surface area contributed by atoms with Crippen molar-refractivity contribution in [1.82, 2.24) is 4.90 Å². The fraction of sp³-hybridized carbons (Fsp3) is 0.238. The zero-order valence-corrected chi connectivity index (χ0v) is 19.8. The molecule has 0 atom stereocenters. The first-order valence-electron chi connectivity index (χ1n) is 9.41. The van der Waals surface area contributed by atoms with E-state index in [-0.39, 0.29) is 17.5 Å². The predicted molar refractivity (Wildman–Crippen MR) is 126 cm³/mol. The molecular weight excluding hydrogens is 535 g/mol. The van der Waals surface area contributed by atoms with Gasteiger partial charge in [-0.25, -0.2) is 0 Å². The lowest BCUT2D eigenvalue weighted by molar-refractivity contribution is -0.384. The molecule has 2 amide bonds. The maximum Gasteiger partial charge on any atom is 0.293 e. The molecule has 162 valence electrons. The number of rotatable bonds is 8. The van der Waals surface area contributed by atoms with E-state index in [0.29, 0.717) is 35.2 Å². The van der Waals surface area contributed by atoms with E-state index < -0.39 is 10.8 Å². The minimum absolute atomic E-state index is 0.0466. The van der Waals surface area contributed by atoms with Gasteiger partial charge >= 0.3 is 0 Å². The Bertz CT molecular complexity index is 1050. The Labute approximate surface area is 196 Å². The van der Waals surface area contributed by atoms with Crippen LogP contribution in [0.1, 0.15) is 25.0 Å². The van der Waals surface area contributed by atoms with Crippen molar-refractivity contribution in [1.29, 1.82) is 0 Å². The topological polar surface area (TPSA) is 99.0 Å². The first-order valence-corrected chi connectivity index (χ1v) is 11.3. The van der Waals surface area contributed by atoms with Gasteiger partial charge in [0.15, 0.2) is 11.5 Å². The number of imide groups is 1. The van der Waals surface area contributed by atoms with Crippen LogP contribution in [0.3, 0.4) is 0 Å². The van der Waals surface area contributed by atoms with Gasteiger partial charge in [0, 0.05) is 12.1 Å². The van der Waals surface area contributed by atoms with Crippen molar-refractivity contribution in [3.05, 3.63) is 66.1 Å². The molecule has 0 N–H and O–H groups in total. The van der Waals surface area contributed by atoms with Gasteiger partial charge in [-0.1, -0.05) is 12.1 Å². The van der Waals surface area contributed by atoms with Crippen molar-refractivity contribution in [3.63, 3.8) is 0 Å². The van der Waals surface area contributed by atoms with Gasteiger partial charge in [0.1, 0.15) is 0 Å². The summed E-state index contributed by atoms with van der Waals surface area (Å²) in [4.78, 5) is 36.9. The normalized spacial score (nSPS) is 14.9. The Morgan fingerprint density at radius 3 is 2.42 bits per heavy atom. The molecule has 3 rings (SSSR count). The number of carbonyl (C=O) groups is 2. The summed E-state index contributed by atoms with van der Waals surface area (Å²) in [6.45, 7) is 4.77. The Balaban J connectivity index is 1.83. The lowest BCUT2D eigenvalue weighted by Gasteiger charge is -2.14. The van der Waals surface area contributed by atoms with Crippen molar-refractivity contribution >= 4 is 57.3 Å². The van der Waals surface area contributed by atoms with Crippen molar-refractivity contribution in [2.75, 3.05) is 13.2 Å². The first kappa shape index (κ1) is 23.1. The van der Waals surface area contributed by atoms with Gasteiger partial charge in [0.25, 0.3) is 16.8 Å². The summed E-state index contributed by atoms with van der Waals surface area (Å²) < 4.78 is 12.2. The van der Waals surface area contributed by atoms with Crippen LogP contribution in [0, 0.1) is 13.7 Å². The van der Waals surface area contributed by atoms with Crippen LogP contribution in [0.4, 0.5) is 10.5 Å². The smallest absolute Gasteiger partial charge is 0.293 e. The van der Waals surface area contributed by atoms with E-state index in [1.807, 2.05) is 19.9 Å². The number of hydrogen-bond acceptors (Lipinski definition) is 7. The number of hydrogen-bond donors (Lipinski definition) is 0. The number of halogens is 1. The highest BCUT2D eigenvalue weighted by Crippen LogP contribution is 2.38. The Morgan fingerprint density at radius 1 is 1.13 bits per heavy atom. The highest BCUT2D eigenvalue weighted by Gasteiger charge is 2.35. The summed E-state index contributed by atoms with van der Waals surface area (Å²) in [5, 5.41) is 10.4. The molecular formula is C21H19IN2O6S. The largest absolute Gasteiger partial charge is 0.490 e. The fourth-order valence-corrected chi connectivity index (χ4v) is 4.53. The lowest BCUT2D eigenvalue weighted by atomic mass is 10.1. The number of nitro benzene ring substituents is 1. The minimum Gasteiger partial charge on any atom is -0.490 e. The second-order valence-corrected chi connectivity index (χ2v) is 8.54. The summed E-state index contributed by atoms with van der Waals surface area (Å²) in [7, 11) is 0. The maximum absolute atomic E-state index is 12.8. The lowest BCUT2D eigenvalue weighted by Crippen LogP contribution is -2.27. The number of benzene rings is 2. The number of amides is 2. The van der Waals surface area contributed by atoms with Gasteiger partial charge in [-0.2, -0.15) is 0 Å². The zero-order valence-electron chi connectivity index (χ0n) is 16.8. The van der Waals surface area contributed by atoms with Crippen LogP contribution >= 0.6 is 34.4 Å². The van der Waals surface area contributed by atoms with Gasteiger partial charge in [0.2, 0.25) is 0 Å². The van der Waals surface area contributed by atoms with Gasteiger partial charge < -0.3 is 9.47 Å². The average Bonchev–Trinajstić information content (AvgIpc) is 2.98. The number of thioether (sulfide) groups is 1. The molecule has 0 radical (unpaired) electrons. The molecule has 0 saturated carbocycles. The number of ether oxygens (including phenoxy) is 2. The molecule has 1 fully saturated rings. The molecule has 1 saturated heterocycles. The minimum atomic E-state index is -0.499. The third-order valence-corrected chi connectivity index (χ3v) is 5.99. The van der Waals surface area contributed by atoms with E-state index in [2.05, 4.69) is 22.6 Å². The number of non-ortho nitro benzene ring substituents is 1. The van der Waals surface area contributed by atoms with Gasteiger partial charge in [-0.15, -0.1) is 0 Å². The second kappa shape index (κ2) is 10.1. The van der Waals surface area contributed by atoms with Crippen LogP contribution in [-0.2, 0) is 11.3 Å². The zero-order chi connectivity index (χ0) is 22.5. The molecule has 0 aliphatic carbocycles. The highest BCUT2D eigenvalue weighted by molar-refractivity contribution is 14.1. The molecule has 1 aliphatic heterocycles. The summed E-state index contributed by atoms with van der Waals surface area (Å²) in [6.07, 6.45) is 1.65. The van der Waals surface area contributed by atoms with Crippen LogP contribution < -0.4 is 9.47 Å². The molecule has 1 heterocycles. The third-order valence-electron chi connectivity index (χ3n) is 4.28. The summed E-state index contributed by atoms with van der Waals surface area (Å²) >= 11 is 3.00. The molecule has 8 nitrogen and oxygen atoms in total. The quantitative estimate of drug-likeness (QED) is 0.191. The number of nitrogens with zero attached hydrogens (tertiary/aromatic N) is 2. The monoisotopic (exact) mass is 554 g/mol. The molecule has 0 aromatic heterocycles. The van der Waals surface area contributed by atoms with E-state index in [9.17, 15) is 19.7 Å². The van der Waals surface area contributed by atoms with Crippen molar-refractivity contribution < 1.29 is 24.0 Å². The molecule has 10 heteroatoms. The van der Waals surface area contributed by atoms with E-state index >= 15 is 0 Å². The maximum atomic E-state index is 12.8. The summed E-state index contributed by atoms with van der Waals surface area (Å²) in [5.74, 6) is 0.816. The van der Waals surface area contributed by atoms with Crippen LogP contribution in [0.2, 0.25) is 0 Å². The summed E-state index contributed by atoms with van der Waals surface area (Å²) in [6, 6.07) is 9.41. The number of nitro groups is 1. The molecule has 0 spiro atoms. The molecule has 2 aromatic carbocycles. The van der Waals surface area contributed by atoms with Crippen LogP contribution in [0.5, 0.6) is 11.5 Å². The van der Waals surface area contributed by atoms with Gasteiger partial charge in [0.05, 0.1) is 33.2 Å². The third kappa shape index (κ3) is 5.37. The van der Waals surface area contributed by atoms with Crippen molar-refractivity contribution in [3.8, 4) is 11.5 Å². The van der Waals surface area contributed by atoms with Crippen molar-refractivity contribution in [2.24, 2.45) is 0 Å². The van der Waals surface area contributed by atoms with Crippen LogP contribution in [-0.4, -0.2) is 34.2 Å². The Hall–Kier alpha value is -2.60. The summed E-state index contributed by atoms with van der Waals surface area (Å²) in [5.41, 5.74) is 1.30. The Kier molecular flexibility index (Phi) is 7.55. The standard InChI is InChI=1S/C21H19IN2O6S/c1-3-29-17-10-14(9-16(22)19(17)30-4-2)11-18-20(25)23(21(26)31-18)12-13-5-7-15(8-6-13)24(27)28/h5-11H,3-4,12H2,1-2H3/b18-11+. The molecule has 31 heavy (non-hydrogen) atoms. The van der Waals surface area contributed by atoms with Crippen molar-refractivity contribution in [2.45, 2.75) is 20.4 Å². The predicted octanol–water partition coefficient (Wildman–Crippen LogP) is 5.23. The second-order valence-electron chi connectivity index (χ2n) is 6.39. The average molecular weight is 554 g/mol. The fourth-order valence-electron chi connectivity index (χ4n) is 2.91. The van der Waals surface area contributed by atoms with E-state index in [1.165, 1.54) is 24.3 Å². The van der Waals surface area contributed by atoms with E-state index in [0.717, 1.165) is 25.8 Å². The molecule has 1 aliphatic rings.